The van der Waals surface area contributed by atoms with Crippen molar-refractivity contribution in [1.82, 2.24) is 0 Å². The van der Waals surface area contributed by atoms with Gasteiger partial charge in [-0.2, -0.15) is 0 Å². The predicted octanol–water partition coefficient (Wildman–Crippen LogP) is 4.24. The molecule has 18 nitrogen and oxygen atoms in total. The van der Waals surface area contributed by atoms with Gasteiger partial charge in [0, 0.05) is 64.1 Å². The van der Waals surface area contributed by atoms with Crippen molar-refractivity contribution >= 4 is 0 Å². The molecule has 0 unspecified atom stereocenters. The molecule has 6 aromatic rings. The Morgan fingerprint density at radius 2 is 0.984 bits per heavy atom. The van der Waals surface area contributed by atoms with E-state index in [1.165, 1.54) is 18.2 Å². The molecule has 324 valence electrons. The lowest BCUT2D eigenvalue weighted by molar-refractivity contribution is -0.219. The van der Waals surface area contributed by atoms with Gasteiger partial charge in [0.15, 0.2) is 40.6 Å². The SMILES string of the molecule is Oc1cc(O)c2c(c1)O[C@@]1(c3ccc(O)c(O)c3)Oc3cc(O)c4c(c3[C@H]2[C@H]1O)O[C@H](c1ccc(O)c(O)c1)[C@H](O)[C@@H]4c1c(O)cc(O)c2c1O[C@@H](c1ccc(O)c(O)c1)[C@H](O)C2. The van der Waals surface area contributed by atoms with E-state index in [2.05, 4.69) is 0 Å². The summed E-state index contributed by atoms with van der Waals surface area (Å²) in [5.41, 5.74) is -0.583. The number of rotatable bonds is 4. The maximum absolute atomic E-state index is 12.5. The molecule has 4 aliphatic heterocycles. The zero-order valence-electron chi connectivity index (χ0n) is 32.1. The second-order valence-corrected chi connectivity index (χ2v) is 15.9. The summed E-state index contributed by atoms with van der Waals surface area (Å²) in [5, 5.41) is 155. The highest BCUT2D eigenvalue weighted by atomic mass is 16.7. The van der Waals surface area contributed by atoms with Gasteiger partial charge in [-0.15, -0.1) is 0 Å². The van der Waals surface area contributed by atoms with Gasteiger partial charge in [-0.1, -0.05) is 12.1 Å². The molecule has 18 heteroatoms. The summed E-state index contributed by atoms with van der Waals surface area (Å²) in [6.45, 7) is 0. The highest BCUT2D eigenvalue weighted by Gasteiger charge is 2.61. The Balaban J connectivity index is 1.25. The smallest absolute Gasteiger partial charge is 0.305 e. The van der Waals surface area contributed by atoms with Crippen LogP contribution in [-0.4, -0.2) is 89.8 Å². The van der Waals surface area contributed by atoms with Gasteiger partial charge in [0.25, 0.3) is 0 Å². The predicted molar refractivity (Wildman–Crippen MR) is 212 cm³/mol. The van der Waals surface area contributed by atoms with E-state index in [0.717, 1.165) is 60.7 Å². The van der Waals surface area contributed by atoms with Gasteiger partial charge in [-0.05, 0) is 53.6 Å². The summed E-state index contributed by atoms with van der Waals surface area (Å²) in [4.78, 5) is 0. The fourth-order valence-electron chi connectivity index (χ4n) is 9.32. The molecule has 0 amide bonds. The maximum atomic E-state index is 12.5. The molecule has 0 aromatic heterocycles. The molecule has 63 heavy (non-hydrogen) atoms. The van der Waals surface area contributed by atoms with Crippen LogP contribution in [0, 0.1) is 0 Å². The Hall–Kier alpha value is -7.80. The largest absolute Gasteiger partial charge is 0.508 e. The van der Waals surface area contributed by atoms with Crippen LogP contribution in [0.2, 0.25) is 0 Å². The number of fused-ring (bicyclic) bond motifs is 9. The first-order valence-electron chi connectivity index (χ1n) is 19.3. The van der Waals surface area contributed by atoms with Gasteiger partial charge in [-0.25, -0.2) is 0 Å². The Morgan fingerprint density at radius 1 is 0.444 bits per heavy atom. The van der Waals surface area contributed by atoms with Crippen LogP contribution >= 0.6 is 0 Å². The standard InChI is InChI=1S/C45H36O18/c46-18-10-27(54)33-31(11-18)62-45(17-3-6-22(49)26(53)9-17)44(59)38(33)36-32(63-45)14-29(56)35-37(39(58)41(61-43(35)36)16-2-5-21(48)25(52)8-16)34-28(55)13-23(50)19-12-30(57)40(60-42(19)34)15-1-4-20(47)24(51)7-15/h1-11,13-14,30,37-41,44,46-59H,12H2/t30-,37-,38+,39-,40+,41-,44-,45+/m1/s1. The maximum Gasteiger partial charge on any atom is 0.305 e. The highest BCUT2D eigenvalue weighted by Crippen LogP contribution is 2.65. The van der Waals surface area contributed by atoms with Crippen molar-refractivity contribution in [2.24, 2.45) is 0 Å². The van der Waals surface area contributed by atoms with Gasteiger partial charge >= 0.3 is 5.79 Å². The molecule has 0 aliphatic carbocycles. The average Bonchev–Trinajstić information content (AvgIpc) is 3.22. The number of hydrogen-bond donors (Lipinski definition) is 14. The van der Waals surface area contributed by atoms with E-state index >= 15 is 0 Å². The number of benzene rings is 6. The zero-order valence-corrected chi connectivity index (χ0v) is 32.1. The first kappa shape index (κ1) is 39.3. The summed E-state index contributed by atoms with van der Waals surface area (Å²) in [6.07, 6.45) is -8.29. The molecule has 10 rings (SSSR count). The summed E-state index contributed by atoms with van der Waals surface area (Å²) in [5.74, 6) is -12.6. The van der Waals surface area contributed by atoms with Crippen LogP contribution in [0.5, 0.6) is 86.2 Å². The van der Waals surface area contributed by atoms with Crippen molar-refractivity contribution < 1.29 is 90.4 Å². The van der Waals surface area contributed by atoms with Crippen molar-refractivity contribution in [3.63, 3.8) is 0 Å². The van der Waals surface area contributed by atoms with Crippen molar-refractivity contribution in [3.05, 3.63) is 123 Å². The highest BCUT2D eigenvalue weighted by molar-refractivity contribution is 5.72. The molecule has 0 radical (unpaired) electrons. The van der Waals surface area contributed by atoms with Crippen LogP contribution in [0.25, 0.3) is 0 Å². The lowest BCUT2D eigenvalue weighted by Crippen LogP contribution is -2.57. The first-order valence-corrected chi connectivity index (χ1v) is 19.3. The second kappa shape index (κ2) is 13.6. The molecule has 2 bridgehead atoms. The van der Waals surface area contributed by atoms with Crippen LogP contribution in [-0.2, 0) is 12.2 Å². The van der Waals surface area contributed by atoms with Crippen LogP contribution in [0.3, 0.4) is 0 Å². The average molecular weight is 865 g/mol. The number of phenolic OH excluding ortho intramolecular Hbond substituents is 11. The van der Waals surface area contributed by atoms with Crippen molar-refractivity contribution in [3.8, 4) is 86.2 Å². The van der Waals surface area contributed by atoms with E-state index in [1.54, 1.807) is 0 Å². The molecular formula is C45H36O18. The number of hydrogen-bond acceptors (Lipinski definition) is 18. The zero-order chi connectivity index (χ0) is 44.5. The minimum Gasteiger partial charge on any atom is -0.508 e. The third-order valence-corrected chi connectivity index (χ3v) is 12.2. The molecule has 14 N–H and O–H groups in total. The minimum absolute atomic E-state index is 0.0325. The first-order chi connectivity index (χ1) is 30.0. The van der Waals surface area contributed by atoms with Crippen molar-refractivity contribution in [2.45, 2.75) is 54.6 Å². The van der Waals surface area contributed by atoms with E-state index < -0.39 is 111 Å². The molecule has 0 fully saturated rings. The Kier molecular flexibility index (Phi) is 8.49. The molecule has 4 heterocycles. The van der Waals surface area contributed by atoms with Gasteiger partial charge < -0.3 is 90.4 Å². The number of aliphatic hydroxyl groups is 3. The molecule has 4 aliphatic rings. The van der Waals surface area contributed by atoms with Crippen molar-refractivity contribution in [1.29, 1.82) is 0 Å². The monoisotopic (exact) mass is 864 g/mol. The molecule has 6 aromatic carbocycles. The lowest BCUT2D eigenvalue weighted by Gasteiger charge is -2.51. The molecule has 0 saturated heterocycles. The Labute approximate surface area is 354 Å². The summed E-state index contributed by atoms with van der Waals surface area (Å²) in [6, 6.07) is 14.8. The van der Waals surface area contributed by atoms with Gasteiger partial charge in [0.05, 0.1) is 17.9 Å². The topological polar surface area (TPSA) is 320 Å². The fraction of sp³-hybridized carbons (Fsp3) is 0.200. The fourth-order valence-corrected chi connectivity index (χ4v) is 9.32. The van der Waals surface area contributed by atoms with Gasteiger partial charge in [-0.3, -0.25) is 0 Å². The Morgan fingerprint density at radius 3 is 1.62 bits per heavy atom. The molecule has 0 spiro atoms. The van der Waals surface area contributed by atoms with E-state index in [-0.39, 0.29) is 73.9 Å². The summed E-state index contributed by atoms with van der Waals surface area (Å²) < 4.78 is 25.6. The number of ether oxygens (including phenoxy) is 4. The molecule has 0 saturated carbocycles. The quantitative estimate of drug-likeness (QED) is 0.110. The lowest BCUT2D eigenvalue weighted by atomic mass is 9.71. The van der Waals surface area contributed by atoms with Crippen LogP contribution in [0.1, 0.15) is 68.6 Å². The summed E-state index contributed by atoms with van der Waals surface area (Å²) in [7, 11) is 0. The van der Waals surface area contributed by atoms with E-state index in [4.69, 9.17) is 18.9 Å². The molecule has 8 atom stereocenters. The third kappa shape index (κ3) is 5.68. The molecular weight excluding hydrogens is 828 g/mol. The van der Waals surface area contributed by atoms with E-state index in [9.17, 15) is 71.5 Å². The number of aromatic hydroxyl groups is 11. The van der Waals surface area contributed by atoms with Crippen LogP contribution in [0.15, 0.2) is 78.9 Å². The van der Waals surface area contributed by atoms with E-state index in [1.807, 2.05) is 0 Å². The normalized spacial score (nSPS) is 25.2. The van der Waals surface area contributed by atoms with Crippen LogP contribution in [0.4, 0.5) is 0 Å². The van der Waals surface area contributed by atoms with Gasteiger partial charge in [0.2, 0.25) is 0 Å². The number of phenols is 11. The second-order valence-electron chi connectivity index (χ2n) is 15.9. The summed E-state index contributed by atoms with van der Waals surface area (Å²) >= 11 is 0. The third-order valence-electron chi connectivity index (χ3n) is 12.2. The minimum atomic E-state index is -2.31. The Bertz CT molecular complexity index is 2910. The number of aliphatic hydroxyl groups excluding tert-OH is 3. The van der Waals surface area contributed by atoms with E-state index in [0.29, 0.717) is 0 Å². The van der Waals surface area contributed by atoms with Crippen molar-refractivity contribution in [2.75, 3.05) is 0 Å². The van der Waals surface area contributed by atoms with Crippen LogP contribution < -0.4 is 18.9 Å². The van der Waals surface area contributed by atoms with Gasteiger partial charge in [0.1, 0.15) is 70.1 Å².